The van der Waals surface area contributed by atoms with E-state index in [1.165, 1.54) is 16.7 Å². The van der Waals surface area contributed by atoms with E-state index >= 15 is 0 Å². The zero-order chi connectivity index (χ0) is 25.9. The summed E-state index contributed by atoms with van der Waals surface area (Å²) in [7, 11) is 0. The van der Waals surface area contributed by atoms with Gasteiger partial charge in [-0.3, -0.25) is 9.59 Å². The SMILES string of the molecule is CCC(C)NC(=O)C(Cc1ccccc1)N(Cc1ccc(C)cc1)C(=O)CSCc1ccccc1C. The van der Waals surface area contributed by atoms with Crippen LogP contribution in [0.1, 0.15) is 48.1 Å². The molecule has 36 heavy (non-hydrogen) atoms. The van der Waals surface area contributed by atoms with Gasteiger partial charge in [0.05, 0.1) is 5.75 Å². The second kappa shape index (κ2) is 13.9. The number of carbonyl (C=O) groups is 2. The highest BCUT2D eigenvalue weighted by atomic mass is 32.2. The van der Waals surface area contributed by atoms with Gasteiger partial charge in [-0.15, -0.1) is 11.8 Å². The van der Waals surface area contributed by atoms with Gasteiger partial charge in [0.1, 0.15) is 6.04 Å². The van der Waals surface area contributed by atoms with Gasteiger partial charge in [0, 0.05) is 24.8 Å². The number of nitrogens with zero attached hydrogens (tertiary/aromatic N) is 1. The average molecular weight is 503 g/mol. The van der Waals surface area contributed by atoms with Gasteiger partial charge in [0.15, 0.2) is 0 Å². The number of thioether (sulfide) groups is 1. The Labute approximate surface area is 220 Å². The Kier molecular flexibility index (Phi) is 10.6. The van der Waals surface area contributed by atoms with Crippen LogP contribution in [-0.4, -0.2) is 34.6 Å². The van der Waals surface area contributed by atoms with E-state index in [2.05, 4.69) is 43.4 Å². The summed E-state index contributed by atoms with van der Waals surface area (Å²) in [5.41, 5.74) is 5.68. The lowest BCUT2D eigenvalue weighted by Gasteiger charge is -2.32. The lowest BCUT2D eigenvalue weighted by molar-refractivity contribution is -0.139. The summed E-state index contributed by atoms with van der Waals surface area (Å²) < 4.78 is 0. The third kappa shape index (κ3) is 8.27. The number of aryl methyl sites for hydroxylation is 2. The summed E-state index contributed by atoms with van der Waals surface area (Å²) in [5, 5.41) is 3.13. The smallest absolute Gasteiger partial charge is 0.243 e. The van der Waals surface area contributed by atoms with E-state index in [9.17, 15) is 9.59 Å². The fraction of sp³-hybridized carbons (Fsp3) is 0.355. The number of hydrogen-bond donors (Lipinski definition) is 1. The first-order valence-electron chi connectivity index (χ1n) is 12.7. The molecule has 5 heteroatoms. The molecule has 4 nitrogen and oxygen atoms in total. The van der Waals surface area contributed by atoms with Crippen molar-refractivity contribution in [1.29, 1.82) is 0 Å². The van der Waals surface area contributed by atoms with Gasteiger partial charge in [-0.2, -0.15) is 0 Å². The molecule has 3 aromatic rings. The van der Waals surface area contributed by atoms with Crippen LogP contribution in [0.15, 0.2) is 78.9 Å². The highest BCUT2D eigenvalue weighted by Gasteiger charge is 2.30. The van der Waals surface area contributed by atoms with E-state index < -0.39 is 6.04 Å². The van der Waals surface area contributed by atoms with Crippen LogP contribution in [0.25, 0.3) is 0 Å². The van der Waals surface area contributed by atoms with E-state index in [-0.39, 0.29) is 17.9 Å². The Morgan fingerprint density at radius 3 is 2.22 bits per heavy atom. The van der Waals surface area contributed by atoms with Gasteiger partial charge in [-0.05, 0) is 49.4 Å². The molecule has 0 aliphatic heterocycles. The largest absolute Gasteiger partial charge is 0.352 e. The van der Waals surface area contributed by atoms with Crippen LogP contribution in [0.5, 0.6) is 0 Å². The molecule has 0 aromatic heterocycles. The molecule has 0 heterocycles. The molecule has 2 unspecified atom stereocenters. The quantitative estimate of drug-likeness (QED) is 0.326. The number of rotatable bonds is 12. The molecule has 2 amide bonds. The maximum Gasteiger partial charge on any atom is 0.243 e. The minimum Gasteiger partial charge on any atom is -0.352 e. The molecule has 0 saturated heterocycles. The fourth-order valence-electron chi connectivity index (χ4n) is 3.99. The van der Waals surface area contributed by atoms with Crippen molar-refractivity contribution in [1.82, 2.24) is 10.2 Å². The maximum atomic E-state index is 13.7. The number of hydrogen-bond acceptors (Lipinski definition) is 3. The lowest BCUT2D eigenvalue weighted by Crippen LogP contribution is -2.52. The third-order valence-corrected chi connectivity index (χ3v) is 7.46. The summed E-state index contributed by atoms with van der Waals surface area (Å²) in [6.45, 7) is 8.59. The van der Waals surface area contributed by atoms with Crippen LogP contribution in [0.2, 0.25) is 0 Å². The number of benzene rings is 3. The molecule has 0 bridgehead atoms. The van der Waals surface area contributed by atoms with Crippen molar-refractivity contribution in [3.63, 3.8) is 0 Å². The predicted molar refractivity (Wildman–Crippen MR) is 151 cm³/mol. The van der Waals surface area contributed by atoms with Gasteiger partial charge < -0.3 is 10.2 Å². The Bertz CT molecular complexity index is 1110. The molecular weight excluding hydrogens is 464 g/mol. The molecule has 3 aromatic carbocycles. The summed E-state index contributed by atoms with van der Waals surface area (Å²) in [5.74, 6) is 0.966. The molecule has 190 valence electrons. The van der Waals surface area contributed by atoms with Crippen molar-refractivity contribution in [3.05, 3.63) is 107 Å². The molecule has 0 radical (unpaired) electrons. The van der Waals surface area contributed by atoms with Crippen molar-refractivity contribution >= 4 is 23.6 Å². The van der Waals surface area contributed by atoms with E-state index in [4.69, 9.17) is 0 Å². The van der Waals surface area contributed by atoms with E-state index in [0.717, 1.165) is 23.3 Å². The zero-order valence-corrected chi connectivity index (χ0v) is 22.7. The van der Waals surface area contributed by atoms with Crippen molar-refractivity contribution < 1.29 is 9.59 Å². The maximum absolute atomic E-state index is 13.7. The van der Waals surface area contributed by atoms with Gasteiger partial charge in [0.2, 0.25) is 11.8 Å². The van der Waals surface area contributed by atoms with Crippen LogP contribution in [0.3, 0.4) is 0 Å². The first-order chi connectivity index (χ1) is 17.4. The standard InChI is InChI=1S/C31H38N2O2S/c1-5-25(4)32-31(35)29(19-26-12-7-6-8-13-26)33(20-27-17-15-23(2)16-18-27)30(34)22-36-21-28-14-10-9-11-24(28)3/h6-18,25,29H,5,19-22H2,1-4H3,(H,32,35). The zero-order valence-electron chi connectivity index (χ0n) is 21.9. The molecule has 0 fully saturated rings. The van der Waals surface area contributed by atoms with Gasteiger partial charge >= 0.3 is 0 Å². The number of amides is 2. The van der Waals surface area contributed by atoms with Crippen LogP contribution >= 0.6 is 11.8 Å². The highest BCUT2D eigenvalue weighted by molar-refractivity contribution is 7.99. The molecule has 0 aliphatic rings. The summed E-state index contributed by atoms with van der Waals surface area (Å²) >= 11 is 1.60. The van der Waals surface area contributed by atoms with Crippen molar-refractivity contribution in [2.75, 3.05) is 5.75 Å². The number of carbonyl (C=O) groups excluding carboxylic acids is 2. The normalized spacial score (nSPS) is 12.6. The van der Waals surface area contributed by atoms with Crippen molar-refractivity contribution in [2.45, 2.75) is 64.9 Å². The molecule has 0 spiro atoms. The Morgan fingerprint density at radius 1 is 0.889 bits per heavy atom. The van der Waals surface area contributed by atoms with Crippen LogP contribution in [-0.2, 0) is 28.3 Å². The molecule has 3 rings (SSSR count). The molecule has 2 atom stereocenters. The van der Waals surface area contributed by atoms with Crippen LogP contribution in [0.4, 0.5) is 0 Å². The lowest BCUT2D eigenvalue weighted by atomic mass is 10.0. The van der Waals surface area contributed by atoms with Gasteiger partial charge in [0.25, 0.3) is 0 Å². The minimum atomic E-state index is -0.589. The van der Waals surface area contributed by atoms with E-state index in [0.29, 0.717) is 18.7 Å². The molecule has 0 saturated carbocycles. The summed E-state index contributed by atoms with van der Waals surface area (Å²) in [4.78, 5) is 29.0. The average Bonchev–Trinajstić information content (AvgIpc) is 2.88. The van der Waals surface area contributed by atoms with Gasteiger partial charge in [-0.25, -0.2) is 0 Å². The monoisotopic (exact) mass is 502 g/mol. The van der Waals surface area contributed by atoms with Crippen LogP contribution in [0, 0.1) is 13.8 Å². The topological polar surface area (TPSA) is 49.4 Å². The first-order valence-corrected chi connectivity index (χ1v) is 13.8. The molecule has 1 N–H and O–H groups in total. The minimum absolute atomic E-state index is 0.0191. The van der Waals surface area contributed by atoms with Crippen molar-refractivity contribution in [3.8, 4) is 0 Å². The Morgan fingerprint density at radius 2 is 1.56 bits per heavy atom. The third-order valence-electron chi connectivity index (χ3n) is 6.49. The Hall–Kier alpha value is -3.05. The first kappa shape index (κ1) is 27.5. The summed E-state index contributed by atoms with van der Waals surface area (Å²) in [6.07, 6.45) is 1.31. The van der Waals surface area contributed by atoms with E-state index in [1.54, 1.807) is 16.7 Å². The summed E-state index contributed by atoms with van der Waals surface area (Å²) in [6, 6.07) is 25.9. The van der Waals surface area contributed by atoms with Crippen molar-refractivity contribution in [2.24, 2.45) is 0 Å². The number of nitrogens with one attached hydrogen (secondary N) is 1. The molecule has 0 aliphatic carbocycles. The van der Waals surface area contributed by atoms with E-state index in [1.807, 2.05) is 68.4 Å². The second-order valence-electron chi connectivity index (χ2n) is 9.45. The fourth-order valence-corrected chi connectivity index (χ4v) is 4.97. The predicted octanol–water partition coefficient (Wildman–Crippen LogP) is 6.09. The second-order valence-corrected chi connectivity index (χ2v) is 10.4. The molecular formula is C31H38N2O2S. The Balaban J connectivity index is 1.85. The van der Waals surface area contributed by atoms with Crippen LogP contribution < -0.4 is 5.32 Å². The highest BCUT2D eigenvalue weighted by Crippen LogP contribution is 2.20. The van der Waals surface area contributed by atoms with Gasteiger partial charge in [-0.1, -0.05) is 91.3 Å².